The zero-order valence-electron chi connectivity index (χ0n) is 13.7. The first-order valence-corrected chi connectivity index (χ1v) is 7.94. The Labute approximate surface area is 129 Å². The molecule has 1 heteroatoms. The molecule has 0 heterocycles. The SMILES string of the molecule is C/C=C(\C=C(/C)C1CC1)NC1=C/C(C)=C\C/C=C\C=C1C. The lowest BCUT2D eigenvalue weighted by Gasteiger charge is -2.14. The molecule has 1 nitrogen and oxygen atoms in total. The Morgan fingerprint density at radius 2 is 2.05 bits per heavy atom. The highest BCUT2D eigenvalue weighted by molar-refractivity contribution is 5.41. The molecule has 0 amide bonds. The smallest absolute Gasteiger partial charge is 0.0416 e. The van der Waals surface area contributed by atoms with Gasteiger partial charge in [-0.25, -0.2) is 0 Å². The topological polar surface area (TPSA) is 12.0 Å². The van der Waals surface area contributed by atoms with Gasteiger partial charge in [-0.05, 0) is 70.6 Å². The van der Waals surface area contributed by atoms with Crippen molar-refractivity contribution in [1.29, 1.82) is 0 Å². The molecule has 112 valence electrons. The van der Waals surface area contributed by atoms with Crippen LogP contribution < -0.4 is 5.32 Å². The molecule has 0 aromatic carbocycles. The van der Waals surface area contributed by atoms with E-state index in [-0.39, 0.29) is 0 Å². The van der Waals surface area contributed by atoms with E-state index in [2.05, 4.69) is 75.5 Å². The van der Waals surface area contributed by atoms with E-state index < -0.39 is 0 Å². The van der Waals surface area contributed by atoms with Crippen molar-refractivity contribution in [1.82, 2.24) is 5.32 Å². The number of nitrogens with one attached hydrogen (secondary N) is 1. The van der Waals surface area contributed by atoms with Gasteiger partial charge >= 0.3 is 0 Å². The average Bonchev–Trinajstić information content (AvgIpc) is 3.28. The van der Waals surface area contributed by atoms with Crippen LogP contribution in [0.3, 0.4) is 0 Å². The number of hydrogen-bond donors (Lipinski definition) is 1. The summed E-state index contributed by atoms with van der Waals surface area (Å²) >= 11 is 0. The van der Waals surface area contributed by atoms with Crippen molar-refractivity contribution in [2.75, 3.05) is 0 Å². The van der Waals surface area contributed by atoms with Gasteiger partial charge in [0.2, 0.25) is 0 Å². The molecule has 1 saturated carbocycles. The molecule has 0 atom stereocenters. The minimum absolute atomic E-state index is 0.817. The highest BCUT2D eigenvalue weighted by atomic mass is 14.9. The summed E-state index contributed by atoms with van der Waals surface area (Å²) in [6, 6.07) is 0. The van der Waals surface area contributed by atoms with Gasteiger partial charge in [0.05, 0.1) is 0 Å². The molecule has 0 saturated heterocycles. The van der Waals surface area contributed by atoms with Crippen LogP contribution in [0.25, 0.3) is 0 Å². The average molecular weight is 281 g/mol. The summed E-state index contributed by atoms with van der Waals surface area (Å²) in [6.07, 6.45) is 19.2. The zero-order chi connectivity index (χ0) is 15.2. The summed E-state index contributed by atoms with van der Waals surface area (Å²) in [5.74, 6) is 0.817. The van der Waals surface area contributed by atoms with Crippen LogP contribution in [-0.2, 0) is 0 Å². The molecule has 0 aliphatic heterocycles. The number of hydrogen-bond acceptors (Lipinski definition) is 1. The van der Waals surface area contributed by atoms with Gasteiger partial charge in [-0.15, -0.1) is 0 Å². The lowest BCUT2D eigenvalue weighted by molar-refractivity contribution is 0.960. The van der Waals surface area contributed by atoms with Crippen LogP contribution in [-0.4, -0.2) is 0 Å². The molecule has 0 aromatic rings. The zero-order valence-corrected chi connectivity index (χ0v) is 13.7. The third-order valence-corrected chi connectivity index (χ3v) is 4.05. The standard InChI is InChI=1S/C20H27N/c1-5-19(14-17(4)18-11-12-18)21-20-13-15(2)9-7-6-8-10-16(20)3/h5-6,8-10,13-14,18,21H,7,11-12H2,1-4H3/b8-6-,15-9-,16-10?,17-14+,19-5+,20-13?. The van der Waals surface area contributed by atoms with Crippen LogP contribution in [0.2, 0.25) is 0 Å². The normalized spacial score (nSPS) is 24.9. The van der Waals surface area contributed by atoms with Gasteiger partial charge < -0.3 is 5.32 Å². The van der Waals surface area contributed by atoms with E-state index in [4.69, 9.17) is 0 Å². The highest BCUT2D eigenvalue weighted by Crippen LogP contribution is 2.36. The lowest BCUT2D eigenvalue weighted by atomic mass is 10.1. The maximum Gasteiger partial charge on any atom is 0.0416 e. The van der Waals surface area contributed by atoms with Crippen molar-refractivity contribution in [3.05, 3.63) is 70.6 Å². The maximum absolute atomic E-state index is 3.60. The summed E-state index contributed by atoms with van der Waals surface area (Å²) in [7, 11) is 0. The van der Waals surface area contributed by atoms with Gasteiger partial charge in [-0.2, -0.15) is 0 Å². The van der Waals surface area contributed by atoms with Crippen molar-refractivity contribution < 1.29 is 0 Å². The fourth-order valence-corrected chi connectivity index (χ4v) is 2.42. The van der Waals surface area contributed by atoms with Gasteiger partial charge in [0.25, 0.3) is 0 Å². The Morgan fingerprint density at radius 3 is 2.71 bits per heavy atom. The van der Waals surface area contributed by atoms with Crippen molar-refractivity contribution in [3.8, 4) is 0 Å². The third-order valence-electron chi connectivity index (χ3n) is 4.05. The van der Waals surface area contributed by atoms with Gasteiger partial charge in [0.15, 0.2) is 0 Å². The number of allylic oxidation sites excluding steroid dienone is 10. The van der Waals surface area contributed by atoms with Crippen LogP contribution in [0, 0.1) is 5.92 Å². The van der Waals surface area contributed by atoms with Crippen LogP contribution in [0.1, 0.15) is 47.0 Å². The Hall–Kier alpha value is -1.76. The third kappa shape index (κ3) is 4.93. The van der Waals surface area contributed by atoms with Crippen LogP contribution >= 0.6 is 0 Å². The molecule has 1 N–H and O–H groups in total. The second kappa shape index (κ2) is 7.31. The molecule has 0 radical (unpaired) electrons. The van der Waals surface area contributed by atoms with Crippen LogP contribution in [0.5, 0.6) is 0 Å². The second-order valence-electron chi connectivity index (χ2n) is 6.05. The van der Waals surface area contributed by atoms with Gasteiger partial charge in [0.1, 0.15) is 0 Å². The van der Waals surface area contributed by atoms with Gasteiger partial charge in [0, 0.05) is 11.4 Å². The molecular formula is C20H27N. The molecule has 0 unspecified atom stereocenters. The van der Waals surface area contributed by atoms with Gasteiger partial charge in [-0.3, -0.25) is 0 Å². The van der Waals surface area contributed by atoms with E-state index in [1.165, 1.54) is 41.0 Å². The Morgan fingerprint density at radius 1 is 1.29 bits per heavy atom. The van der Waals surface area contributed by atoms with Crippen LogP contribution in [0.15, 0.2) is 70.6 Å². The van der Waals surface area contributed by atoms with E-state index in [1.807, 2.05) is 0 Å². The Balaban J connectivity index is 2.21. The summed E-state index contributed by atoms with van der Waals surface area (Å²) in [4.78, 5) is 0. The number of rotatable bonds is 4. The van der Waals surface area contributed by atoms with E-state index >= 15 is 0 Å². The van der Waals surface area contributed by atoms with Crippen molar-refractivity contribution in [2.24, 2.45) is 5.92 Å². The van der Waals surface area contributed by atoms with Gasteiger partial charge in [-0.1, -0.05) is 41.5 Å². The predicted octanol–water partition coefficient (Wildman–Crippen LogP) is 5.57. The fraction of sp³-hybridized carbons (Fsp3) is 0.400. The van der Waals surface area contributed by atoms with Crippen molar-refractivity contribution >= 4 is 0 Å². The van der Waals surface area contributed by atoms with E-state index in [0.29, 0.717) is 0 Å². The quantitative estimate of drug-likeness (QED) is 0.664. The second-order valence-corrected chi connectivity index (χ2v) is 6.05. The molecule has 0 aromatic heterocycles. The van der Waals surface area contributed by atoms with Crippen molar-refractivity contribution in [2.45, 2.75) is 47.0 Å². The summed E-state index contributed by atoms with van der Waals surface area (Å²) < 4.78 is 0. The molecule has 0 spiro atoms. The van der Waals surface area contributed by atoms with Crippen LogP contribution in [0.4, 0.5) is 0 Å². The molecule has 2 aliphatic carbocycles. The molecule has 21 heavy (non-hydrogen) atoms. The molecule has 1 fully saturated rings. The first kappa shape index (κ1) is 15.6. The fourth-order valence-electron chi connectivity index (χ4n) is 2.42. The molecule has 2 aliphatic rings. The lowest BCUT2D eigenvalue weighted by Crippen LogP contribution is -2.13. The monoisotopic (exact) mass is 281 g/mol. The maximum atomic E-state index is 3.60. The highest BCUT2D eigenvalue weighted by Gasteiger charge is 2.22. The Bertz CT molecular complexity index is 561. The van der Waals surface area contributed by atoms with E-state index in [0.717, 1.165) is 12.3 Å². The minimum Gasteiger partial charge on any atom is -0.356 e. The molecule has 2 rings (SSSR count). The largest absolute Gasteiger partial charge is 0.356 e. The first-order chi connectivity index (χ1) is 10.1. The predicted molar refractivity (Wildman–Crippen MR) is 92.7 cm³/mol. The Kier molecular flexibility index (Phi) is 5.44. The molecular weight excluding hydrogens is 254 g/mol. The van der Waals surface area contributed by atoms with E-state index in [1.54, 1.807) is 0 Å². The molecule has 0 bridgehead atoms. The first-order valence-electron chi connectivity index (χ1n) is 7.94. The summed E-state index contributed by atoms with van der Waals surface area (Å²) in [5.41, 5.74) is 6.43. The minimum atomic E-state index is 0.817. The van der Waals surface area contributed by atoms with Crippen molar-refractivity contribution in [3.63, 3.8) is 0 Å². The van der Waals surface area contributed by atoms with E-state index in [9.17, 15) is 0 Å². The summed E-state index contributed by atoms with van der Waals surface area (Å²) in [6.45, 7) is 8.66. The summed E-state index contributed by atoms with van der Waals surface area (Å²) in [5, 5.41) is 3.60.